The van der Waals surface area contributed by atoms with Crippen LogP contribution in [-0.4, -0.2) is 36.4 Å². The van der Waals surface area contributed by atoms with Gasteiger partial charge in [0.1, 0.15) is 6.61 Å². The first-order valence-electron chi connectivity index (χ1n) is 14.4. The molecule has 0 radical (unpaired) electrons. The highest BCUT2D eigenvalue weighted by Gasteiger charge is 2.15. The smallest absolute Gasteiger partial charge is 0.306 e. The molecule has 37 heavy (non-hydrogen) atoms. The van der Waals surface area contributed by atoms with Crippen LogP contribution in [0.3, 0.4) is 0 Å². The van der Waals surface area contributed by atoms with E-state index in [4.69, 9.17) is 9.47 Å². The van der Waals surface area contributed by atoms with Crippen LogP contribution in [0.2, 0.25) is 0 Å². The van der Waals surface area contributed by atoms with Crippen molar-refractivity contribution in [2.24, 2.45) is 0 Å². The summed E-state index contributed by atoms with van der Waals surface area (Å²) in [7, 11) is 0. The molecule has 5 heteroatoms. The molecule has 1 atom stereocenters. The van der Waals surface area contributed by atoms with Crippen LogP contribution in [0.1, 0.15) is 110 Å². The Morgan fingerprint density at radius 1 is 0.649 bits per heavy atom. The van der Waals surface area contributed by atoms with Crippen LogP contribution in [0.15, 0.2) is 60.8 Å². The Morgan fingerprint density at radius 2 is 1.16 bits per heavy atom. The molecule has 0 aliphatic carbocycles. The second kappa shape index (κ2) is 28.2. The average Bonchev–Trinajstić information content (AvgIpc) is 2.90. The van der Waals surface area contributed by atoms with Crippen molar-refractivity contribution in [3.05, 3.63) is 60.8 Å². The zero-order valence-electron chi connectivity index (χ0n) is 23.5. The molecule has 210 valence electrons. The zero-order chi connectivity index (χ0) is 27.2. The topological polar surface area (TPSA) is 72.8 Å². The first-order chi connectivity index (χ1) is 18.1. The van der Waals surface area contributed by atoms with Crippen molar-refractivity contribution in [2.75, 3.05) is 13.2 Å². The lowest BCUT2D eigenvalue weighted by atomic mass is 10.1. The van der Waals surface area contributed by atoms with Crippen molar-refractivity contribution < 1.29 is 24.2 Å². The molecule has 0 spiro atoms. The Balaban J connectivity index is 3.79. The van der Waals surface area contributed by atoms with Gasteiger partial charge in [-0.1, -0.05) is 132 Å². The summed E-state index contributed by atoms with van der Waals surface area (Å²) >= 11 is 0. The van der Waals surface area contributed by atoms with Crippen LogP contribution in [0.25, 0.3) is 0 Å². The minimum atomic E-state index is -0.796. The Hall–Kier alpha value is -2.40. The summed E-state index contributed by atoms with van der Waals surface area (Å²) in [6.45, 7) is 3.87. The highest BCUT2D eigenvalue weighted by atomic mass is 16.6. The fourth-order valence-corrected chi connectivity index (χ4v) is 3.52. The third kappa shape index (κ3) is 26.5. The van der Waals surface area contributed by atoms with E-state index in [1.807, 2.05) is 54.7 Å². The Labute approximate surface area is 226 Å². The van der Waals surface area contributed by atoms with Gasteiger partial charge in [0.2, 0.25) is 0 Å². The molecular formula is C32H52O5. The molecule has 0 aliphatic heterocycles. The molecule has 0 aromatic rings. The summed E-state index contributed by atoms with van der Waals surface area (Å²) in [5, 5.41) is 9.44. The first kappa shape index (κ1) is 34.6. The van der Waals surface area contributed by atoms with Crippen molar-refractivity contribution in [1.29, 1.82) is 0 Å². The van der Waals surface area contributed by atoms with E-state index in [2.05, 4.69) is 19.9 Å². The highest BCUT2D eigenvalue weighted by Crippen LogP contribution is 2.12. The quantitative estimate of drug-likeness (QED) is 0.0797. The van der Waals surface area contributed by atoms with Crippen molar-refractivity contribution in [1.82, 2.24) is 0 Å². The predicted molar refractivity (Wildman–Crippen MR) is 154 cm³/mol. The lowest BCUT2D eigenvalue weighted by Gasteiger charge is -2.15. The zero-order valence-corrected chi connectivity index (χ0v) is 23.5. The first-order valence-corrected chi connectivity index (χ1v) is 14.4. The number of rotatable bonds is 24. The van der Waals surface area contributed by atoms with E-state index in [1.54, 1.807) is 0 Å². The molecule has 0 aliphatic rings. The second-order valence-corrected chi connectivity index (χ2v) is 9.22. The van der Waals surface area contributed by atoms with Gasteiger partial charge in [0.15, 0.2) is 6.10 Å². The van der Waals surface area contributed by atoms with E-state index in [1.165, 1.54) is 44.9 Å². The second-order valence-electron chi connectivity index (χ2n) is 9.22. The van der Waals surface area contributed by atoms with Gasteiger partial charge in [-0.15, -0.1) is 0 Å². The molecular weight excluding hydrogens is 464 g/mol. The van der Waals surface area contributed by atoms with E-state index < -0.39 is 6.10 Å². The molecule has 0 fully saturated rings. The third-order valence-electron chi connectivity index (χ3n) is 5.70. The van der Waals surface area contributed by atoms with Crippen LogP contribution in [-0.2, 0) is 19.1 Å². The lowest BCUT2D eigenvalue weighted by molar-refractivity contribution is -0.161. The summed E-state index contributed by atoms with van der Waals surface area (Å²) < 4.78 is 10.4. The van der Waals surface area contributed by atoms with Crippen molar-refractivity contribution in [3.63, 3.8) is 0 Å². The number of esters is 2. The van der Waals surface area contributed by atoms with E-state index in [0.29, 0.717) is 12.8 Å². The fraction of sp³-hybridized carbons (Fsp3) is 0.625. The van der Waals surface area contributed by atoms with Crippen molar-refractivity contribution in [2.45, 2.75) is 116 Å². The third-order valence-corrected chi connectivity index (χ3v) is 5.70. The number of aliphatic hydroxyl groups excluding tert-OH is 1. The van der Waals surface area contributed by atoms with E-state index in [0.717, 1.165) is 32.1 Å². The van der Waals surface area contributed by atoms with Gasteiger partial charge in [-0.25, -0.2) is 0 Å². The largest absolute Gasteiger partial charge is 0.462 e. The normalized spacial score (nSPS) is 13.1. The monoisotopic (exact) mass is 516 g/mol. The summed E-state index contributed by atoms with van der Waals surface area (Å²) in [5.41, 5.74) is 0. The van der Waals surface area contributed by atoms with Crippen LogP contribution >= 0.6 is 0 Å². The van der Waals surface area contributed by atoms with Gasteiger partial charge in [0, 0.05) is 12.8 Å². The molecule has 0 bridgehead atoms. The van der Waals surface area contributed by atoms with Gasteiger partial charge in [-0.3, -0.25) is 9.59 Å². The molecule has 0 rings (SSSR count). The van der Waals surface area contributed by atoms with Gasteiger partial charge < -0.3 is 14.6 Å². The van der Waals surface area contributed by atoms with E-state index in [-0.39, 0.29) is 31.6 Å². The average molecular weight is 517 g/mol. The fourth-order valence-electron chi connectivity index (χ4n) is 3.52. The number of unbranched alkanes of at least 4 members (excludes halogenated alkanes) is 10. The predicted octanol–water partition coefficient (Wildman–Crippen LogP) is 8.11. The van der Waals surface area contributed by atoms with E-state index in [9.17, 15) is 14.7 Å². The van der Waals surface area contributed by atoms with Gasteiger partial charge in [0.05, 0.1) is 6.61 Å². The SMILES string of the molecule is CC/C=C/C=C/C=C/C=C/C=C/CCCC(=O)OCC(CO)OC(=O)CCCCCCCCCCCC. The van der Waals surface area contributed by atoms with Crippen molar-refractivity contribution in [3.8, 4) is 0 Å². The van der Waals surface area contributed by atoms with Gasteiger partial charge >= 0.3 is 11.9 Å². The Morgan fingerprint density at radius 3 is 1.73 bits per heavy atom. The maximum atomic E-state index is 12.0. The number of allylic oxidation sites excluding steroid dienone is 10. The van der Waals surface area contributed by atoms with Gasteiger partial charge in [-0.2, -0.15) is 0 Å². The number of hydrogen-bond acceptors (Lipinski definition) is 5. The van der Waals surface area contributed by atoms with Crippen LogP contribution < -0.4 is 0 Å². The summed E-state index contributed by atoms with van der Waals surface area (Å²) in [5.74, 6) is -0.688. The minimum absolute atomic E-state index is 0.104. The standard InChI is InChI=1S/C32H52O5/c1-3-5-7-9-11-13-15-16-17-19-20-22-24-26-31(34)36-29-30(28-33)37-32(35)27-25-23-21-18-14-12-10-8-6-4-2/h5,7,9,11,13,15-17,19-20,30,33H,3-4,6,8,10,12,14,18,21-29H2,1-2H3/b7-5+,11-9+,15-13+,17-16+,20-19+. The Bertz CT molecular complexity index is 687. The van der Waals surface area contributed by atoms with Crippen LogP contribution in [0.4, 0.5) is 0 Å². The Kier molecular flexibility index (Phi) is 26.3. The molecule has 0 aromatic heterocycles. The highest BCUT2D eigenvalue weighted by molar-refractivity contribution is 5.70. The molecule has 0 amide bonds. The number of ether oxygens (including phenoxy) is 2. The number of carbonyl (C=O) groups is 2. The minimum Gasteiger partial charge on any atom is -0.462 e. The molecule has 1 unspecified atom stereocenters. The molecule has 0 aromatic carbocycles. The maximum absolute atomic E-state index is 12.0. The number of aliphatic hydroxyl groups is 1. The molecule has 0 saturated carbocycles. The maximum Gasteiger partial charge on any atom is 0.306 e. The molecule has 0 saturated heterocycles. The van der Waals surface area contributed by atoms with Gasteiger partial charge in [0.25, 0.3) is 0 Å². The summed E-state index contributed by atoms with van der Waals surface area (Å²) in [4.78, 5) is 23.9. The lowest BCUT2D eigenvalue weighted by Crippen LogP contribution is -2.28. The van der Waals surface area contributed by atoms with Gasteiger partial charge in [-0.05, 0) is 25.7 Å². The van der Waals surface area contributed by atoms with E-state index >= 15 is 0 Å². The molecule has 0 heterocycles. The molecule has 5 nitrogen and oxygen atoms in total. The van der Waals surface area contributed by atoms with Crippen molar-refractivity contribution >= 4 is 11.9 Å². The molecule has 1 N–H and O–H groups in total. The number of carbonyl (C=O) groups excluding carboxylic acids is 2. The summed E-state index contributed by atoms with van der Waals surface area (Å²) in [6.07, 6.45) is 34.2. The van der Waals surface area contributed by atoms with Crippen LogP contribution in [0.5, 0.6) is 0 Å². The summed E-state index contributed by atoms with van der Waals surface area (Å²) in [6, 6.07) is 0. The van der Waals surface area contributed by atoms with Crippen LogP contribution in [0, 0.1) is 0 Å². The number of hydrogen-bond donors (Lipinski definition) is 1.